The highest BCUT2D eigenvalue weighted by Gasteiger charge is 2.10. The Balaban J connectivity index is 2.18. The third-order valence-corrected chi connectivity index (χ3v) is 2.83. The fourth-order valence-electron chi connectivity index (χ4n) is 1.39. The van der Waals surface area contributed by atoms with E-state index in [9.17, 15) is 9.18 Å². The summed E-state index contributed by atoms with van der Waals surface area (Å²) in [4.78, 5) is 15.8. The minimum absolute atomic E-state index is 0.0854. The quantitative estimate of drug-likeness (QED) is 0.598. The smallest absolute Gasteiger partial charge is 0.274 e. The van der Waals surface area contributed by atoms with Gasteiger partial charge in [0.1, 0.15) is 11.5 Å². The number of halogens is 2. The summed E-state index contributed by atoms with van der Waals surface area (Å²) >= 11 is 3.21. The molecule has 0 spiro atoms. The number of carbonyl (C=O) groups excluding carboxylic acids is 1. The highest BCUT2D eigenvalue weighted by Crippen LogP contribution is 2.20. The van der Waals surface area contributed by atoms with Gasteiger partial charge in [-0.3, -0.25) is 10.6 Å². The highest BCUT2D eigenvalue weighted by molar-refractivity contribution is 9.10. The number of hydrazine groups is 1. The molecule has 4 N–H and O–H groups in total. The van der Waals surface area contributed by atoms with Crippen LogP contribution in [0, 0.1) is 5.82 Å². The first-order chi connectivity index (χ1) is 9.10. The average Bonchev–Trinajstić information content (AvgIpc) is 2.43. The van der Waals surface area contributed by atoms with Gasteiger partial charge in [0.2, 0.25) is 0 Å². The molecule has 0 atom stereocenters. The van der Waals surface area contributed by atoms with Crippen LogP contribution in [0.2, 0.25) is 0 Å². The van der Waals surface area contributed by atoms with Crippen molar-refractivity contribution >= 4 is 33.2 Å². The molecule has 19 heavy (non-hydrogen) atoms. The number of carbonyl (C=O) groups is 1. The van der Waals surface area contributed by atoms with Gasteiger partial charge in [-0.1, -0.05) is 15.9 Å². The van der Waals surface area contributed by atoms with Crippen LogP contribution in [0.5, 0.6) is 0 Å². The van der Waals surface area contributed by atoms with Crippen LogP contribution >= 0.6 is 15.9 Å². The van der Waals surface area contributed by atoms with Gasteiger partial charge in [0.15, 0.2) is 0 Å². The van der Waals surface area contributed by atoms with Crippen molar-refractivity contribution in [3.8, 4) is 0 Å². The molecular weight excluding hydrogens is 315 g/mol. The summed E-state index contributed by atoms with van der Waals surface area (Å²) in [6, 6.07) is 7.36. The number of benzene rings is 1. The molecule has 0 bridgehead atoms. The molecule has 2 aromatic rings. The molecule has 1 heterocycles. The fraction of sp³-hybridized carbons (Fsp3) is 0. The molecule has 1 amide bonds. The van der Waals surface area contributed by atoms with Crippen LogP contribution in [-0.4, -0.2) is 10.9 Å². The molecule has 0 saturated heterocycles. The van der Waals surface area contributed by atoms with E-state index in [1.165, 1.54) is 24.4 Å². The van der Waals surface area contributed by atoms with E-state index >= 15 is 0 Å². The number of pyridine rings is 1. The summed E-state index contributed by atoms with van der Waals surface area (Å²) in [5.41, 5.74) is 3.22. The lowest BCUT2D eigenvalue weighted by Crippen LogP contribution is -2.15. The Kier molecular flexibility index (Phi) is 4.08. The largest absolute Gasteiger partial charge is 0.323 e. The summed E-state index contributed by atoms with van der Waals surface area (Å²) in [5.74, 6) is 4.17. The fourth-order valence-corrected chi connectivity index (χ4v) is 1.75. The number of hydrogen-bond donors (Lipinski definition) is 3. The normalized spacial score (nSPS) is 10.1. The van der Waals surface area contributed by atoms with Gasteiger partial charge in [-0.25, -0.2) is 9.37 Å². The van der Waals surface area contributed by atoms with E-state index in [4.69, 9.17) is 5.84 Å². The van der Waals surface area contributed by atoms with E-state index in [1.54, 1.807) is 12.1 Å². The lowest BCUT2D eigenvalue weighted by molar-refractivity contribution is 0.102. The van der Waals surface area contributed by atoms with Crippen molar-refractivity contribution in [1.82, 2.24) is 4.98 Å². The predicted octanol–water partition coefficient (Wildman–Crippen LogP) is 2.52. The Labute approximate surface area is 117 Å². The van der Waals surface area contributed by atoms with E-state index in [-0.39, 0.29) is 11.4 Å². The Hall–Kier alpha value is -1.99. The van der Waals surface area contributed by atoms with Crippen LogP contribution in [0.25, 0.3) is 0 Å². The van der Waals surface area contributed by atoms with Gasteiger partial charge in [-0.2, -0.15) is 0 Å². The molecule has 5 nitrogen and oxygen atoms in total. The molecular formula is C12H10BrFN4O. The van der Waals surface area contributed by atoms with Crippen molar-refractivity contribution in [3.05, 3.63) is 52.5 Å². The van der Waals surface area contributed by atoms with Gasteiger partial charge < -0.3 is 10.7 Å². The molecule has 0 fully saturated rings. The van der Waals surface area contributed by atoms with E-state index in [0.29, 0.717) is 10.2 Å². The molecule has 1 aromatic carbocycles. The van der Waals surface area contributed by atoms with Crippen LogP contribution < -0.4 is 16.6 Å². The number of rotatable bonds is 3. The lowest BCUT2D eigenvalue weighted by Gasteiger charge is -2.07. The van der Waals surface area contributed by atoms with Crippen molar-refractivity contribution in [2.24, 2.45) is 5.84 Å². The topological polar surface area (TPSA) is 80.0 Å². The summed E-state index contributed by atoms with van der Waals surface area (Å²) < 4.78 is 14.1. The summed E-state index contributed by atoms with van der Waals surface area (Å²) in [5, 5.41) is 2.45. The van der Waals surface area contributed by atoms with E-state index in [1.807, 2.05) is 0 Å². The van der Waals surface area contributed by atoms with Gasteiger partial charge in [0.05, 0.1) is 17.6 Å². The number of nitrogens with zero attached hydrogens (tertiary/aromatic N) is 1. The monoisotopic (exact) mass is 324 g/mol. The second kappa shape index (κ2) is 5.77. The number of hydrogen-bond acceptors (Lipinski definition) is 4. The number of nitrogens with one attached hydrogen (secondary N) is 2. The standard InChI is InChI=1S/C12H10BrFN4O/c13-7-1-3-9(14)11(5-7)17-12(19)10-4-2-8(18-15)6-16-10/h1-6,18H,15H2,(H,17,19). The van der Waals surface area contributed by atoms with Crippen LogP contribution in [0.3, 0.4) is 0 Å². The Morgan fingerprint density at radius 2 is 2.11 bits per heavy atom. The van der Waals surface area contributed by atoms with Gasteiger partial charge in [-0.15, -0.1) is 0 Å². The first-order valence-corrected chi connectivity index (χ1v) is 6.08. The SMILES string of the molecule is NNc1ccc(C(=O)Nc2cc(Br)ccc2F)nc1. The number of nitrogen functional groups attached to an aromatic ring is 1. The zero-order chi connectivity index (χ0) is 13.8. The van der Waals surface area contributed by atoms with E-state index in [0.717, 1.165) is 0 Å². The second-order valence-electron chi connectivity index (χ2n) is 3.65. The van der Waals surface area contributed by atoms with Crippen LogP contribution in [0.15, 0.2) is 41.0 Å². The maximum atomic E-state index is 13.5. The van der Waals surface area contributed by atoms with Crippen molar-refractivity contribution in [3.63, 3.8) is 0 Å². The number of nitrogens with two attached hydrogens (primary N) is 1. The molecule has 0 saturated carbocycles. The third kappa shape index (κ3) is 3.27. The molecule has 98 valence electrons. The molecule has 1 aromatic heterocycles. The molecule has 0 aliphatic heterocycles. The van der Waals surface area contributed by atoms with Crippen molar-refractivity contribution in [2.45, 2.75) is 0 Å². The molecule has 0 radical (unpaired) electrons. The predicted molar refractivity (Wildman–Crippen MR) is 74.1 cm³/mol. The van der Waals surface area contributed by atoms with Gasteiger partial charge in [0, 0.05) is 4.47 Å². The third-order valence-electron chi connectivity index (χ3n) is 2.34. The second-order valence-corrected chi connectivity index (χ2v) is 4.57. The zero-order valence-electron chi connectivity index (χ0n) is 9.65. The van der Waals surface area contributed by atoms with E-state index < -0.39 is 11.7 Å². The minimum Gasteiger partial charge on any atom is -0.323 e. The first kappa shape index (κ1) is 13.4. The van der Waals surface area contributed by atoms with Crippen LogP contribution in [0.1, 0.15) is 10.5 Å². The Morgan fingerprint density at radius 1 is 1.32 bits per heavy atom. The zero-order valence-corrected chi connectivity index (χ0v) is 11.2. The molecule has 0 aliphatic carbocycles. The van der Waals surface area contributed by atoms with Crippen molar-refractivity contribution < 1.29 is 9.18 Å². The average molecular weight is 325 g/mol. The number of aromatic nitrogens is 1. The maximum Gasteiger partial charge on any atom is 0.274 e. The molecule has 0 aliphatic rings. The Morgan fingerprint density at radius 3 is 2.74 bits per heavy atom. The molecule has 0 unspecified atom stereocenters. The first-order valence-electron chi connectivity index (χ1n) is 5.29. The van der Waals surface area contributed by atoms with Crippen LogP contribution in [-0.2, 0) is 0 Å². The molecule has 7 heteroatoms. The van der Waals surface area contributed by atoms with E-state index in [2.05, 4.69) is 31.7 Å². The van der Waals surface area contributed by atoms with Gasteiger partial charge in [0.25, 0.3) is 5.91 Å². The highest BCUT2D eigenvalue weighted by atomic mass is 79.9. The lowest BCUT2D eigenvalue weighted by atomic mass is 10.2. The minimum atomic E-state index is -0.517. The van der Waals surface area contributed by atoms with Crippen molar-refractivity contribution in [2.75, 3.05) is 10.7 Å². The molecule has 2 rings (SSSR count). The van der Waals surface area contributed by atoms with Crippen molar-refractivity contribution in [1.29, 1.82) is 0 Å². The number of amides is 1. The van der Waals surface area contributed by atoms with Gasteiger partial charge >= 0.3 is 0 Å². The maximum absolute atomic E-state index is 13.5. The van der Waals surface area contributed by atoms with Gasteiger partial charge in [-0.05, 0) is 30.3 Å². The van der Waals surface area contributed by atoms with Crippen LogP contribution in [0.4, 0.5) is 15.8 Å². The Bertz CT molecular complexity index is 603. The summed E-state index contributed by atoms with van der Waals surface area (Å²) in [6.07, 6.45) is 1.41. The summed E-state index contributed by atoms with van der Waals surface area (Å²) in [6.45, 7) is 0. The summed E-state index contributed by atoms with van der Waals surface area (Å²) in [7, 11) is 0. The number of anilines is 2.